The Balaban J connectivity index is 1.73. The van der Waals surface area contributed by atoms with Gasteiger partial charge in [-0.1, -0.05) is 29.8 Å². The number of hydrogen-bond donors (Lipinski definition) is 2. The average molecular weight is 357 g/mol. The lowest BCUT2D eigenvalue weighted by atomic mass is 9.88. The summed E-state index contributed by atoms with van der Waals surface area (Å²) in [7, 11) is 0. The molecule has 1 unspecified atom stereocenters. The minimum atomic E-state index is -1.55. The molecule has 1 aliphatic heterocycles. The predicted molar refractivity (Wildman–Crippen MR) is 93.3 cm³/mol. The van der Waals surface area contributed by atoms with E-state index >= 15 is 4.39 Å². The number of anilines is 1. The molecule has 1 saturated heterocycles. The van der Waals surface area contributed by atoms with Crippen LogP contribution in [0.25, 0.3) is 11.0 Å². The Hall–Kier alpha value is -2.62. The second-order valence-electron chi connectivity index (χ2n) is 6.06. The maximum absolute atomic E-state index is 15.2. The van der Waals surface area contributed by atoms with Gasteiger partial charge in [0.2, 0.25) is 5.95 Å². The molecule has 0 spiro atoms. The van der Waals surface area contributed by atoms with E-state index in [1.165, 1.54) is 0 Å². The lowest BCUT2D eigenvalue weighted by Gasteiger charge is -2.40. The molecule has 0 radical (unpaired) electrons. The van der Waals surface area contributed by atoms with Gasteiger partial charge in [-0.15, -0.1) is 0 Å². The number of ether oxygens (including phenoxy) is 1. The van der Waals surface area contributed by atoms with E-state index in [1.807, 2.05) is 12.1 Å². The topological polar surface area (TPSA) is 73.7 Å². The lowest BCUT2D eigenvalue weighted by molar-refractivity contribution is -0.139. The van der Waals surface area contributed by atoms with Crippen molar-refractivity contribution in [3.63, 3.8) is 0 Å². The highest BCUT2D eigenvalue weighted by molar-refractivity contribution is 6.30. The third kappa shape index (κ3) is 2.82. The summed E-state index contributed by atoms with van der Waals surface area (Å²) in [6, 6.07) is 13.8. The van der Waals surface area contributed by atoms with E-state index in [4.69, 9.17) is 16.3 Å². The standard InChI is InChI=1S/C18H14ClFN4O/c19-13-5-1-3-11(7-13)16(18(20)9-25-10-18)24-17-22-14-6-2-4-12(8-21)15(14)23-17/h1-7,16H,9-10H2,(H2,22,23,24). The van der Waals surface area contributed by atoms with Crippen molar-refractivity contribution < 1.29 is 9.13 Å². The molecule has 0 saturated carbocycles. The maximum Gasteiger partial charge on any atom is 0.201 e. The number of aromatic nitrogens is 2. The molecular weight excluding hydrogens is 343 g/mol. The van der Waals surface area contributed by atoms with Crippen LogP contribution in [0.2, 0.25) is 5.02 Å². The van der Waals surface area contributed by atoms with Gasteiger partial charge in [0, 0.05) is 5.02 Å². The molecule has 126 valence electrons. The van der Waals surface area contributed by atoms with Crippen LogP contribution in [0.3, 0.4) is 0 Å². The van der Waals surface area contributed by atoms with E-state index in [2.05, 4.69) is 21.4 Å². The molecule has 3 aromatic rings. The van der Waals surface area contributed by atoms with Crippen molar-refractivity contribution in [2.75, 3.05) is 18.5 Å². The highest BCUT2D eigenvalue weighted by Crippen LogP contribution is 2.39. The third-order valence-electron chi connectivity index (χ3n) is 4.30. The van der Waals surface area contributed by atoms with Crippen molar-refractivity contribution in [1.82, 2.24) is 9.97 Å². The van der Waals surface area contributed by atoms with Crippen LogP contribution in [-0.2, 0) is 4.74 Å². The zero-order valence-electron chi connectivity index (χ0n) is 13.1. The fourth-order valence-electron chi connectivity index (χ4n) is 2.99. The van der Waals surface area contributed by atoms with Gasteiger partial charge in [-0.2, -0.15) is 5.26 Å². The first-order valence-electron chi connectivity index (χ1n) is 7.76. The van der Waals surface area contributed by atoms with Gasteiger partial charge in [0.15, 0.2) is 5.67 Å². The highest BCUT2D eigenvalue weighted by Gasteiger charge is 2.47. The molecule has 2 heterocycles. The first-order valence-corrected chi connectivity index (χ1v) is 8.14. The zero-order chi connectivity index (χ0) is 17.4. The van der Waals surface area contributed by atoms with Crippen LogP contribution in [0.15, 0.2) is 42.5 Å². The molecule has 0 amide bonds. The third-order valence-corrected chi connectivity index (χ3v) is 4.53. The molecule has 2 N–H and O–H groups in total. The first kappa shape index (κ1) is 15.9. The number of benzene rings is 2. The Morgan fingerprint density at radius 2 is 2.12 bits per heavy atom. The molecule has 0 aliphatic carbocycles. The van der Waals surface area contributed by atoms with E-state index in [9.17, 15) is 5.26 Å². The average Bonchev–Trinajstić information content (AvgIpc) is 3.00. The lowest BCUT2D eigenvalue weighted by Crippen LogP contribution is -2.52. The minimum Gasteiger partial charge on any atom is -0.374 e. The van der Waals surface area contributed by atoms with Crippen LogP contribution in [0.5, 0.6) is 0 Å². The fourth-order valence-corrected chi connectivity index (χ4v) is 3.19. The Morgan fingerprint density at radius 1 is 1.32 bits per heavy atom. The summed E-state index contributed by atoms with van der Waals surface area (Å²) in [5.74, 6) is 0.395. The summed E-state index contributed by atoms with van der Waals surface area (Å²) >= 11 is 6.07. The molecule has 7 heteroatoms. The van der Waals surface area contributed by atoms with Gasteiger partial charge in [0.1, 0.15) is 11.6 Å². The smallest absolute Gasteiger partial charge is 0.201 e. The minimum absolute atomic E-state index is 0.000847. The molecule has 1 fully saturated rings. The highest BCUT2D eigenvalue weighted by atomic mass is 35.5. The number of fused-ring (bicyclic) bond motifs is 1. The van der Waals surface area contributed by atoms with Gasteiger partial charge in [0.05, 0.1) is 30.3 Å². The van der Waals surface area contributed by atoms with Crippen molar-refractivity contribution in [2.45, 2.75) is 11.7 Å². The molecule has 1 aromatic heterocycles. The summed E-state index contributed by atoms with van der Waals surface area (Å²) in [6.45, 7) is 0.00169. The molecule has 4 rings (SSSR count). The number of nitrogens with one attached hydrogen (secondary N) is 2. The van der Waals surface area contributed by atoms with E-state index in [0.29, 0.717) is 33.1 Å². The summed E-state index contributed by atoms with van der Waals surface area (Å²) in [6.07, 6.45) is 0. The molecule has 1 atom stereocenters. The molecule has 25 heavy (non-hydrogen) atoms. The van der Waals surface area contributed by atoms with Gasteiger partial charge in [-0.3, -0.25) is 0 Å². The molecule has 5 nitrogen and oxygen atoms in total. The van der Waals surface area contributed by atoms with Crippen molar-refractivity contribution in [1.29, 1.82) is 5.26 Å². The molecular formula is C18H14ClFN4O. The summed E-state index contributed by atoms with van der Waals surface area (Å²) in [5, 5.41) is 12.8. The van der Waals surface area contributed by atoms with E-state index < -0.39 is 11.7 Å². The number of nitriles is 1. The van der Waals surface area contributed by atoms with Crippen molar-refractivity contribution in [3.05, 3.63) is 58.6 Å². The van der Waals surface area contributed by atoms with Gasteiger partial charge >= 0.3 is 0 Å². The summed E-state index contributed by atoms with van der Waals surface area (Å²) in [4.78, 5) is 7.51. The molecule has 2 aromatic carbocycles. The summed E-state index contributed by atoms with van der Waals surface area (Å²) < 4.78 is 20.2. The summed E-state index contributed by atoms with van der Waals surface area (Å²) in [5.41, 5.74) is 0.878. The van der Waals surface area contributed by atoms with Crippen LogP contribution < -0.4 is 5.32 Å². The number of aromatic amines is 1. The Morgan fingerprint density at radius 3 is 2.80 bits per heavy atom. The van der Waals surface area contributed by atoms with Gasteiger partial charge in [-0.05, 0) is 29.8 Å². The second kappa shape index (κ2) is 6.03. The number of halogens is 2. The van der Waals surface area contributed by atoms with Crippen LogP contribution >= 0.6 is 11.6 Å². The zero-order valence-corrected chi connectivity index (χ0v) is 13.8. The fraction of sp³-hybridized carbons (Fsp3) is 0.222. The first-order chi connectivity index (χ1) is 12.1. The normalized spacial score (nSPS) is 16.8. The largest absolute Gasteiger partial charge is 0.374 e. The number of H-pyrrole nitrogens is 1. The monoisotopic (exact) mass is 356 g/mol. The van der Waals surface area contributed by atoms with Crippen LogP contribution in [0.4, 0.5) is 10.3 Å². The van der Waals surface area contributed by atoms with Crippen LogP contribution in [0, 0.1) is 11.3 Å². The Bertz CT molecular complexity index is 977. The number of nitrogens with zero attached hydrogens (tertiary/aromatic N) is 2. The number of imidazole rings is 1. The van der Waals surface area contributed by atoms with E-state index in [-0.39, 0.29) is 13.2 Å². The van der Waals surface area contributed by atoms with Crippen LogP contribution in [0.1, 0.15) is 17.2 Å². The number of para-hydroxylation sites is 1. The van der Waals surface area contributed by atoms with Crippen molar-refractivity contribution in [3.8, 4) is 6.07 Å². The van der Waals surface area contributed by atoms with E-state index in [0.717, 1.165) is 0 Å². The van der Waals surface area contributed by atoms with Gasteiger partial charge in [0.25, 0.3) is 0 Å². The SMILES string of the molecule is N#Cc1cccc2[nH]c(NC(c3cccc(Cl)c3)C3(F)COC3)nc12. The Kier molecular flexibility index (Phi) is 3.83. The van der Waals surface area contributed by atoms with Crippen LogP contribution in [-0.4, -0.2) is 28.9 Å². The molecule has 1 aliphatic rings. The van der Waals surface area contributed by atoms with Gasteiger partial charge < -0.3 is 15.0 Å². The Labute approximate surface area is 148 Å². The maximum atomic E-state index is 15.2. The molecule has 0 bridgehead atoms. The van der Waals surface area contributed by atoms with Crippen molar-refractivity contribution >= 4 is 28.6 Å². The number of rotatable bonds is 4. The number of hydrogen-bond acceptors (Lipinski definition) is 4. The second-order valence-corrected chi connectivity index (χ2v) is 6.50. The predicted octanol–water partition coefficient (Wildman–Crippen LogP) is 3.98. The van der Waals surface area contributed by atoms with Crippen molar-refractivity contribution in [2.24, 2.45) is 0 Å². The quantitative estimate of drug-likeness (QED) is 0.741. The van der Waals surface area contributed by atoms with E-state index in [1.54, 1.807) is 30.3 Å². The van der Waals surface area contributed by atoms with Gasteiger partial charge in [-0.25, -0.2) is 9.37 Å². The number of alkyl halides is 1.